The molecule has 0 atom stereocenters. The molecule has 0 aliphatic heterocycles. The third kappa shape index (κ3) is 1.90. The molecular formula is C8H4BrClN2S. The Kier molecular flexibility index (Phi) is 2.62. The Morgan fingerprint density at radius 3 is 2.38 bits per heavy atom. The predicted octanol–water partition coefficient (Wildman–Crippen LogP) is 3.62. The van der Waals surface area contributed by atoms with Crippen molar-refractivity contribution in [2.75, 3.05) is 0 Å². The smallest absolute Gasteiger partial charge is 0.147 e. The summed E-state index contributed by atoms with van der Waals surface area (Å²) >= 11 is 10.3. The highest BCUT2D eigenvalue weighted by Crippen LogP contribution is 2.26. The largest absolute Gasteiger partial charge is 0.172 e. The van der Waals surface area contributed by atoms with Crippen molar-refractivity contribution in [3.8, 4) is 11.3 Å². The molecule has 66 valence electrons. The number of rotatable bonds is 1. The lowest BCUT2D eigenvalue weighted by Gasteiger charge is -1.95. The van der Waals surface area contributed by atoms with Gasteiger partial charge in [-0.1, -0.05) is 23.7 Å². The first-order chi connectivity index (χ1) is 6.27. The van der Waals surface area contributed by atoms with Crippen molar-refractivity contribution in [3.05, 3.63) is 33.9 Å². The van der Waals surface area contributed by atoms with Gasteiger partial charge in [0.2, 0.25) is 0 Å². The quantitative estimate of drug-likeness (QED) is 0.794. The maximum absolute atomic E-state index is 5.77. The Bertz CT molecular complexity index is 412. The van der Waals surface area contributed by atoms with E-state index in [2.05, 4.69) is 24.7 Å². The van der Waals surface area contributed by atoms with Gasteiger partial charge in [-0.05, 0) is 28.1 Å². The highest BCUT2D eigenvalue weighted by molar-refractivity contribution is 9.10. The van der Waals surface area contributed by atoms with E-state index in [1.165, 1.54) is 11.7 Å². The number of halogens is 2. The molecular weight excluding hydrogens is 272 g/mol. The second-order valence-electron chi connectivity index (χ2n) is 2.41. The average Bonchev–Trinajstić information content (AvgIpc) is 2.53. The van der Waals surface area contributed by atoms with Crippen LogP contribution in [0.1, 0.15) is 0 Å². The van der Waals surface area contributed by atoms with Crippen molar-refractivity contribution in [2.24, 2.45) is 0 Å². The van der Waals surface area contributed by atoms with Crippen LogP contribution in [0.25, 0.3) is 11.3 Å². The summed E-state index contributed by atoms with van der Waals surface area (Å²) in [6.45, 7) is 0. The van der Waals surface area contributed by atoms with Gasteiger partial charge in [-0.2, -0.15) is 8.75 Å². The Balaban J connectivity index is 2.47. The van der Waals surface area contributed by atoms with Gasteiger partial charge in [0.1, 0.15) is 10.3 Å². The van der Waals surface area contributed by atoms with Crippen LogP contribution in [-0.4, -0.2) is 8.75 Å². The van der Waals surface area contributed by atoms with Crippen molar-refractivity contribution in [1.29, 1.82) is 0 Å². The van der Waals surface area contributed by atoms with E-state index in [1.54, 1.807) is 0 Å². The van der Waals surface area contributed by atoms with Gasteiger partial charge < -0.3 is 0 Å². The molecule has 2 nitrogen and oxygen atoms in total. The van der Waals surface area contributed by atoms with Crippen molar-refractivity contribution in [3.63, 3.8) is 0 Å². The van der Waals surface area contributed by atoms with E-state index in [-0.39, 0.29) is 0 Å². The zero-order valence-electron chi connectivity index (χ0n) is 6.37. The maximum Gasteiger partial charge on any atom is 0.147 e. The molecule has 0 radical (unpaired) electrons. The second kappa shape index (κ2) is 3.74. The van der Waals surface area contributed by atoms with Crippen LogP contribution in [0.15, 0.2) is 28.9 Å². The summed E-state index contributed by atoms with van der Waals surface area (Å²) in [5.41, 5.74) is 1.88. The average molecular weight is 276 g/mol. The fourth-order valence-corrected chi connectivity index (χ4v) is 2.19. The molecule has 0 fully saturated rings. The van der Waals surface area contributed by atoms with E-state index in [4.69, 9.17) is 11.6 Å². The lowest BCUT2D eigenvalue weighted by atomic mass is 10.2. The summed E-state index contributed by atoms with van der Waals surface area (Å²) in [6.07, 6.45) is 0. The molecule has 2 rings (SSSR count). The molecule has 0 aliphatic carbocycles. The minimum atomic E-state index is 0.725. The summed E-state index contributed by atoms with van der Waals surface area (Å²) in [6, 6.07) is 7.51. The van der Waals surface area contributed by atoms with Gasteiger partial charge >= 0.3 is 0 Å². The molecule has 0 saturated heterocycles. The summed E-state index contributed by atoms with van der Waals surface area (Å²) in [5.74, 6) is 0. The Hall–Kier alpha value is -0.450. The summed E-state index contributed by atoms with van der Waals surface area (Å²) in [7, 11) is 0. The summed E-state index contributed by atoms with van der Waals surface area (Å²) in [4.78, 5) is 0. The highest BCUT2D eigenvalue weighted by Gasteiger charge is 2.06. The minimum absolute atomic E-state index is 0.725. The van der Waals surface area contributed by atoms with Gasteiger partial charge in [-0.15, -0.1) is 0 Å². The minimum Gasteiger partial charge on any atom is -0.172 e. The standard InChI is InChI=1S/C8H4BrClN2S/c9-8-7(11-13-12-8)5-1-3-6(10)4-2-5/h1-4H. The molecule has 1 heterocycles. The number of hydrogen-bond donors (Lipinski definition) is 0. The van der Waals surface area contributed by atoms with Crippen molar-refractivity contribution in [1.82, 2.24) is 8.75 Å². The first-order valence-corrected chi connectivity index (χ1v) is 5.41. The number of nitrogens with zero attached hydrogens (tertiary/aromatic N) is 2. The molecule has 0 spiro atoms. The van der Waals surface area contributed by atoms with Crippen LogP contribution in [0, 0.1) is 0 Å². The summed E-state index contributed by atoms with van der Waals surface area (Å²) < 4.78 is 8.96. The molecule has 2 aromatic rings. The molecule has 0 unspecified atom stereocenters. The molecule has 0 N–H and O–H groups in total. The second-order valence-corrected chi connectivity index (χ2v) is 4.13. The number of benzene rings is 1. The highest BCUT2D eigenvalue weighted by atomic mass is 79.9. The maximum atomic E-state index is 5.77. The number of aromatic nitrogens is 2. The molecule has 1 aromatic carbocycles. The van der Waals surface area contributed by atoms with E-state index in [0.717, 1.165) is 20.9 Å². The first-order valence-electron chi connectivity index (χ1n) is 3.51. The molecule has 1 aromatic heterocycles. The van der Waals surface area contributed by atoms with E-state index in [1.807, 2.05) is 24.3 Å². The fraction of sp³-hybridized carbons (Fsp3) is 0. The summed E-state index contributed by atoms with van der Waals surface area (Å²) in [5, 5.41) is 0.725. The molecule has 0 bridgehead atoms. The van der Waals surface area contributed by atoms with Crippen LogP contribution in [-0.2, 0) is 0 Å². The predicted molar refractivity (Wildman–Crippen MR) is 58.1 cm³/mol. The van der Waals surface area contributed by atoms with Crippen molar-refractivity contribution < 1.29 is 0 Å². The van der Waals surface area contributed by atoms with Crippen LogP contribution in [0.4, 0.5) is 0 Å². The SMILES string of the molecule is Clc1ccc(-c2nsnc2Br)cc1. The van der Waals surface area contributed by atoms with E-state index < -0.39 is 0 Å². The van der Waals surface area contributed by atoms with Gasteiger partial charge in [-0.3, -0.25) is 0 Å². The lowest BCUT2D eigenvalue weighted by Crippen LogP contribution is -1.77. The molecule has 5 heteroatoms. The normalized spacial score (nSPS) is 10.3. The van der Waals surface area contributed by atoms with Crippen LogP contribution < -0.4 is 0 Å². The monoisotopic (exact) mass is 274 g/mol. The van der Waals surface area contributed by atoms with Crippen LogP contribution in [0.2, 0.25) is 5.02 Å². The van der Waals surface area contributed by atoms with Crippen LogP contribution in [0.3, 0.4) is 0 Å². The van der Waals surface area contributed by atoms with Crippen molar-refractivity contribution >= 4 is 39.3 Å². The number of hydrogen-bond acceptors (Lipinski definition) is 3. The lowest BCUT2D eigenvalue weighted by molar-refractivity contribution is 1.44. The van der Waals surface area contributed by atoms with Crippen LogP contribution in [0.5, 0.6) is 0 Å². The van der Waals surface area contributed by atoms with Gasteiger partial charge in [0, 0.05) is 10.6 Å². The van der Waals surface area contributed by atoms with Gasteiger partial charge in [0.05, 0.1) is 11.7 Å². The molecule has 13 heavy (non-hydrogen) atoms. The zero-order valence-corrected chi connectivity index (χ0v) is 9.53. The Labute approximate surface area is 93.0 Å². The Morgan fingerprint density at radius 2 is 1.85 bits per heavy atom. The van der Waals surface area contributed by atoms with Gasteiger partial charge in [-0.25, -0.2) is 0 Å². The topological polar surface area (TPSA) is 25.8 Å². The van der Waals surface area contributed by atoms with E-state index in [9.17, 15) is 0 Å². The van der Waals surface area contributed by atoms with E-state index >= 15 is 0 Å². The molecule has 0 aliphatic rings. The third-order valence-corrected chi connectivity index (χ3v) is 3.13. The Morgan fingerprint density at radius 1 is 1.15 bits per heavy atom. The molecule has 0 saturated carbocycles. The van der Waals surface area contributed by atoms with Gasteiger partial charge in [0.15, 0.2) is 0 Å². The molecule has 0 amide bonds. The first kappa shape index (κ1) is 9.12. The third-order valence-electron chi connectivity index (χ3n) is 1.57. The van der Waals surface area contributed by atoms with E-state index in [0.29, 0.717) is 0 Å². The van der Waals surface area contributed by atoms with Crippen molar-refractivity contribution in [2.45, 2.75) is 0 Å². The van der Waals surface area contributed by atoms with Crippen LogP contribution >= 0.6 is 39.3 Å². The van der Waals surface area contributed by atoms with Gasteiger partial charge in [0.25, 0.3) is 0 Å². The fourth-order valence-electron chi connectivity index (χ4n) is 0.958. The zero-order chi connectivity index (χ0) is 9.26.